The quantitative estimate of drug-likeness (QED) is 0.354. The summed E-state index contributed by atoms with van der Waals surface area (Å²) < 4.78 is 9.64. The lowest BCUT2D eigenvalue weighted by Crippen LogP contribution is -2.47. The maximum atomic E-state index is 14.3. The molecule has 0 aliphatic heterocycles. The molecule has 1 fully saturated rings. The van der Waals surface area contributed by atoms with Crippen molar-refractivity contribution in [1.29, 1.82) is 0 Å². The fourth-order valence-electron chi connectivity index (χ4n) is 4.94. The van der Waals surface area contributed by atoms with Gasteiger partial charge in [0.15, 0.2) is 5.69 Å². The van der Waals surface area contributed by atoms with Crippen LogP contribution in [0.5, 0.6) is 5.75 Å². The van der Waals surface area contributed by atoms with E-state index in [2.05, 4.69) is 9.69 Å². The van der Waals surface area contributed by atoms with Crippen molar-refractivity contribution in [1.82, 2.24) is 9.69 Å². The Balaban J connectivity index is 1.87. The fourth-order valence-corrected chi connectivity index (χ4v) is 5.68. The third-order valence-electron chi connectivity index (χ3n) is 6.96. The molecule has 0 radical (unpaired) electrons. The monoisotopic (exact) mass is 549 g/mol. The number of nitrogens with two attached hydrogens (primary N) is 2. The number of nitrogens with zero attached hydrogens (tertiary/aromatic N) is 2. The Hall–Kier alpha value is -3.92. The molecule has 3 aromatic rings. The first kappa shape index (κ1) is 28.1. The number of aromatic nitrogens is 1. The molecule has 0 spiro atoms. The van der Waals surface area contributed by atoms with Crippen LogP contribution in [0, 0.1) is 13.8 Å². The van der Waals surface area contributed by atoms with Crippen molar-refractivity contribution >= 4 is 40.6 Å². The van der Waals surface area contributed by atoms with E-state index in [-0.39, 0.29) is 28.2 Å². The summed E-state index contributed by atoms with van der Waals surface area (Å²) in [5.41, 5.74) is 14.3. The van der Waals surface area contributed by atoms with Gasteiger partial charge in [0.1, 0.15) is 16.7 Å². The predicted molar refractivity (Wildman–Crippen MR) is 153 cm³/mol. The van der Waals surface area contributed by atoms with Gasteiger partial charge >= 0.3 is 0 Å². The number of amides is 3. The number of aryl methyl sites for hydroxylation is 2. The van der Waals surface area contributed by atoms with Crippen LogP contribution in [0.3, 0.4) is 0 Å². The number of hydrogen-bond acceptors (Lipinski definition) is 7. The molecule has 0 unspecified atom stereocenters. The van der Waals surface area contributed by atoms with Crippen molar-refractivity contribution in [2.45, 2.75) is 65.0 Å². The van der Waals surface area contributed by atoms with Crippen LogP contribution in [-0.4, -0.2) is 34.7 Å². The second kappa shape index (κ2) is 12.3. The van der Waals surface area contributed by atoms with Gasteiger partial charge in [-0.15, -0.1) is 0 Å². The van der Waals surface area contributed by atoms with Gasteiger partial charge in [0.05, 0.1) is 12.3 Å². The summed E-state index contributed by atoms with van der Waals surface area (Å²) >= 11 is 0.796. The van der Waals surface area contributed by atoms with E-state index in [0.29, 0.717) is 23.6 Å². The third kappa shape index (κ3) is 6.22. The number of carbonyl (C=O) groups excluding carboxylic acids is 3. The van der Waals surface area contributed by atoms with E-state index in [1.165, 1.54) is 4.90 Å². The van der Waals surface area contributed by atoms with Crippen LogP contribution < -0.4 is 26.4 Å². The number of primary amides is 1. The van der Waals surface area contributed by atoms with Gasteiger partial charge in [0, 0.05) is 11.7 Å². The number of nitrogen functional groups attached to an aromatic ring is 1. The highest BCUT2D eigenvalue weighted by Crippen LogP contribution is 2.36. The number of carbonyl (C=O) groups is 3. The minimum absolute atomic E-state index is 0.0296. The maximum Gasteiger partial charge on any atom is 0.273 e. The normalized spacial score (nSPS) is 14.4. The summed E-state index contributed by atoms with van der Waals surface area (Å²) in [6, 6.07) is 11.9. The lowest BCUT2D eigenvalue weighted by atomic mass is 9.94. The minimum Gasteiger partial charge on any atom is -0.494 e. The summed E-state index contributed by atoms with van der Waals surface area (Å²) in [6.45, 7) is 6.21. The molecule has 0 bridgehead atoms. The van der Waals surface area contributed by atoms with Crippen molar-refractivity contribution in [2.24, 2.45) is 5.73 Å². The fraction of sp³-hybridized carbons (Fsp3) is 0.379. The highest BCUT2D eigenvalue weighted by Gasteiger charge is 2.37. The molecule has 39 heavy (non-hydrogen) atoms. The maximum absolute atomic E-state index is 14.3. The molecule has 1 aromatic heterocycles. The van der Waals surface area contributed by atoms with Crippen molar-refractivity contribution in [2.75, 3.05) is 17.2 Å². The van der Waals surface area contributed by atoms with E-state index in [1.807, 2.05) is 39.0 Å². The van der Waals surface area contributed by atoms with Gasteiger partial charge in [-0.3, -0.25) is 19.3 Å². The summed E-state index contributed by atoms with van der Waals surface area (Å²) in [5, 5.41) is 3.20. The molecule has 4 rings (SSSR count). The molecular formula is C29H35N5O4S. The van der Waals surface area contributed by atoms with Crippen molar-refractivity contribution in [3.8, 4) is 5.75 Å². The predicted octanol–water partition coefficient (Wildman–Crippen LogP) is 4.68. The molecule has 0 saturated heterocycles. The zero-order valence-electron chi connectivity index (χ0n) is 22.5. The molecular weight excluding hydrogens is 514 g/mol. The number of anilines is 2. The third-order valence-corrected chi connectivity index (χ3v) is 7.81. The Morgan fingerprint density at radius 2 is 1.79 bits per heavy atom. The van der Waals surface area contributed by atoms with E-state index >= 15 is 0 Å². The molecule has 1 aliphatic carbocycles. The molecule has 206 valence electrons. The summed E-state index contributed by atoms with van der Waals surface area (Å²) in [7, 11) is 0. The molecule has 1 atom stereocenters. The molecule has 9 nitrogen and oxygen atoms in total. The van der Waals surface area contributed by atoms with Gasteiger partial charge in [-0.25, -0.2) is 0 Å². The van der Waals surface area contributed by atoms with E-state index in [4.69, 9.17) is 16.2 Å². The highest BCUT2D eigenvalue weighted by molar-refractivity contribution is 7.09. The van der Waals surface area contributed by atoms with Crippen molar-refractivity contribution in [3.63, 3.8) is 0 Å². The van der Waals surface area contributed by atoms with Crippen molar-refractivity contribution in [3.05, 3.63) is 69.7 Å². The van der Waals surface area contributed by atoms with Gasteiger partial charge in [-0.05, 0) is 80.0 Å². The Kier molecular flexibility index (Phi) is 8.86. The summed E-state index contributed by atoms with van der Waals surface area (Å²) in [6.07, 6.45) is 5.03. The first-order valence-electron chi connectivity index (χ1n) is 13.2. The van der Waals surface area contributed by atoms with Gasteiger partial charge in [0.2, 0.25) is 5.91 Å². The van der Waals surface area contributed by atoms with Gasteiger partial charge in [-0.2, -0.15) is 4.37 Å². The number of ether oxygens (including phenoxy) is 1. The Morgan fingerprint density at radius 1 is 1.10 bits per heavy atom. The second-order valence-corrected chi connectivity index (χ2v) is 10.6. The van der Waals surface area contributed by atoms with Crippen LogP contribution >= 0.6 is 11.5 Å². The number of hydrogen-bond donors (Lipinski definition) is 3. The van der Waals surface area contributed by atoms with Gasteiger partial charge in [-0.1, -0.05) is 43.5 Å². The average Bonchev–Trinajstić information content (AvgIpc) is 3.31. The molecule has 5 N–H and O–H groups in total. The smallest absolute Gasteiger partial charge is 0.273 e. The second-order valence-electron chi connectivity index (χ2n) is 9.85. The van der Waals surface area contributed by atoms with Crippen molar-refractivity contribution < 1.29 is 19.1 Å². The first-order valence-corrected chi connectivity index (χ1v) is 14.0. The van der Waals surface area contributed by atoms with Gasteiger partial charge < -0.3 is 21.5 Å². The molecule has 3 amide bonds. The SMILES string of the molecule is CCOc1ccc([C@@H](C(=O)NC2CCCCC2)N(C(=O)c2snc(C(N)=O)c2N)c2cc(C)ccc2C)cc1. The molecule has 2 aromatic carbocycles. The Labute approximate surface area is 232 Å². The largest absolute Gasteiger partial charge is 0.494 e. The Morgan fingerprint density at radius 3 is 2.41 bits per heavy atom. The molecule has 1 saturated carbocycles. The van der Waals surface area contributed by atoms with Crippen LogP contribution in [0.4, 0.5) is 11.4 Å². The minimum atomic E-state index is -1.02. The lowest BCUT2D eigenvalue weighted by molar-refractivity contribution is -0.123. The highest BCUT2D eigenvalue weighted by atomic mass is 32.1. The Bertz CT molecular complexity index is 1350. The zero-order valence-corrected chi connectivity index (χ0v) is 23.3. The summed E-state index contributed by atoms with van der Waals surface area (Å²) in [4.78, 5) is 41.8. The van der Waals surface area contributed by atoms with E-state index in [1.54, 1.807) is 24.3 Å². The topological polar surface area (TPSA) is 141 Å². The van der Waals surface area contributed by atoms with E-state index in [0.717, 1.165) is 54.8 Å². The first-order chi connectivity index (χ1) is 18.7. The summed E-state index contributed by atoms with van der Waals surface area (Å²) in [5.74, 6) is -0.989. The number of benzene rings is 2. The van der Waals surface area contributed by atoms with Crippen LogP contribution in [0.25, 0.3) is 0 Å². The van der Waals surface area contributed by atoms with Crippen LogP contribution in [-0.2, 0) is 4.79 Å². The van der Waals surface area contributed by atoms with E-state index < -0.39 is 17.9 Å². The standard InChI is InChI=1S/C29H35N5O4S/c1-4-38-21-14-12-19(13-15-21)25(28(36)32-20-8-6-5-7-9-20)34(22-16-17(2)10-11-18(22)3)29(37)26-23(30)24(27(31)35)33-39-26/h10-16,20,25H,4-9,30H2,1-3H3,(H2,31,35)(H,32,36)/t25-/m0/s1. The van der Waals surface area contributed by atoms with Crippen LogP contribution in [0.2, 0.25) is 0 Å². The zero-order chi connectivity index (χ0) is 28.1. The van der Waals surface area contributed by atoms with Crippen LogP contribution in [0.15, 0.2) is 42.5 Å². The molecule has 1 heterocycles. The molecule has 10 heteroatoms. The van der Waals surface area contributed by atoms with Crippen LogP contribution in [0.1, 0.15) is 81.9 Å². The van der Waals surface area contributed by atoms with Gasteiger partial charge in [0.25, 0.3) is 11.8 Å². The number of nitrogens with one attached hydrogen (secondary N) is 1. The van der Waals surface area contributed by atoms with E-state index in [9.17, 15) is 14.4 Å². The average molecular weight is 550 g/mol. The number of rotatable bonds is 9. The lowest BCUT2D eigenvalue weighted by Gasteiger charge is -2.34. The molecule has 1 aliphatic rings.